The number of carbonyl (C=O) groups excluding carboxylic acids is 1. The van der Waals surface area contributed by atoms with Crippen LogP contribution in [-0.4, -0.2) is 5.78 Å². The molecule has 80 valence electrons. The Morgan fingerprint density at radius 2 is 2.00 bits per heavy atom. The lowest BCUT2D eigenvalue weighted by molar-refractivity contribution is -0.121. The van der Waals surface area contributed by atoms with E-state index in [2.05, 4.69) is 48.8 Å². The zero-order valence-electron chi connectivity index (χ0n) is 9.30. The van der Waals surface area contributed by atoms with Crippen molar-refractivity contribution in [2.45, 2.75) is 33.1 Å². The minimum absolute atomic E-state index is 0.0170. The quantitative estimate of drug-likeness (QED) is 0.700. The zero-order chi connectivity index (χ0) is 11.2. The minimum atomic E-state index is 0.0170. The summed E-state index contributed by atoms with van der Waals surface area (Å²) in [5.74, 6) is 0.417. The molecule has 1 aromatic rings. The zero-order valence-corrected chi connectivity index (χ0v) is 10.9. The summed E-state index contributed by atoms with van der Waals surface area (Å²) < 4.78 is 1.06. The molecular formula is C13H15BrO. The van der Waals surface area contributed by atoms with E-state index in [9.17, 15) is 4.79 Å². The molecule has 0 bridgehead atoms. The van der Waals surface area contributed by atoms with E-state index in [4.69, 9.17) is 0 Å². The van der Waals surface area contributed by atoms with E-state index in [1.807, 2.05) is 6.07 Å². The van der Waals surface area contributed by atoms with Crippen LogP contribution in [0.25, 0.3) is 0 Å². The Bertz CT molecular complexity index is 415. The molecule has 1 aromatic carbocycles. The van der Waals surface area contributed by atoms with Crippen molar-refractivity contribution in [2.24, 2.45) is 5.41 Å². The first-order chi connectivity index (χ1) is 6.89. The third-order valence-corrected chi connectivity index (χ3v) is 3.46. The van der Waals surface area contributed by atoms with Crippen molar-refractivity contribution in [3.63, 3.8) is 0 Å². The van der Waals surface area contributed by atoms with Gasteiger partial charge in [0.05, 0.1) is 0 Å². The number of rotatable bonds is 0. The Hall–Kier alpha value is -0.630. The van der Waals surface area contributed by atoms with Crippen molar-refractivity contribution in [1.29, 1.82) is 0 Å². The Morgan fingerprint density at radius 1 is 1.33 bits per heavy atom. The van der Waals surface area contributed by atoms with E-state index in [0.717, 1.165) is 4.47 Å². The van der Waals surface area contributed by atoms with Crippen molar-refractivity contribution in [1.82, 2.24) is 0 Å². The van der Waals surface area contributed by atoms with Crippen LogP contribution in [0.2, 0.25) is 0 Å². The number of Topliss-reactive ketones (excluding diaryl/α,β-unsaturated/α-hetero) is 1. The first-order valence-corrected chi connectivity index (χ1v) is 6.00. The molecule has 1 aliphatic rings. The Kier molecular flexibility index (Phi) is 2.50. The molecular weight excluding hydrogens is 252 g/mol. The second kappa shape index (κ2) is 3.44. The number of benzene rings is 1. The summed E-state index contributed by atoms with van der Waals surface area (Å²) in [6.07, 6.45) is 0.602. The molecule has 1 unspecified atom stereocenters. The maximum atomic E-state index is 12.0. The fourth-order valence-corrected chi connectivity index (χ4v) is 2.79. The molecule has 0 saturated carbocycles. The van der Waals surface area contributed by atoms with Gasteiger partial charge in [0, 0.05) is 16.8 Å². The largest absolute Gasteiger partial charge is 0.299 e. The topological polar surface area (TPSA) is 17.1 Å². The van der Waals surface area contributed by atoms with Gasteiger partial charge in [-0.15, -0.1) is 0 Å². The van der Waals surface area contributed by atoms with Crippen LogP contribution >= 0.6 is 15.9 Å². The van der Waals surface area contributed by atoms with Crippen LogP contribution in [0.3, 0.4) is 0 Å². The molecule has 0 fully saturated rings. The third kappa shape index (κ3) is 1.87. The van der Waals surface area contributed by atoms with Crippen LogP contribution in [-0.2, 0) is 11.2 Å². The van der Waals surface area contributed by atoms with Gasteiger partial charge in [0.15, 0.2) is 0 Å². The van der Waals surface area contributed by atoms with E-state index in [1.165, 1.54) is 11.1 Å². The first-order valence-electron chi connectivity index (χ1n) is 5.20. The Balaban J connectivity index is 2.53. The second-order valence-electron chi connectivity index (χ2n) is 5.29. The van der Waals surface area contributed by atoms with Crippen LogP contribution in [0.5, 0.6) is 0 Å². The summed E-state index contributed by atoms with van der Waals surface area (Å²) in [5.41, 5.74) is 2.42. The maximum Gasteiger partial charge on any atom is 0.145 e. The number of ketones is 1. The van der Waals surface area contributed by atoms with Crippen LogP contribution in [0.15, 0.2) is 22.7 Å². The molecule has 15 heavy (non-hydrogen) atoms. The van der Waals surface area contributed by atoms with E-state index in [-0.39, 0.29) is 11.3 Å². The van der Waals surface area contributed by atoms with Gasteiger partial charge in [-0.1, -0.05) is 42.8 Å². The number of hydrogen-bond acceptors (Lipinski definition) is 1. The van der Waals surface area contributed by atoms with Gasteiger partial charge < -0.3 is 0 Å². The average Bonchev–Trinajstić information content (AvgIpc) is 2.38. The number of carbonyl (C=O) groups is 1. The molecule has 0 aliphatic heterocycles. The molecule has 1 nitrogen and oxygen atoms in total. The number of fused-ring (bicyclic) bond motifs is 1. The Morgan fingerprint density at radius 3 is 2.60 bits per heavy atom. The molecule has 0 heterocycles. The lowest BCUT2D eigenvalue weighted by Gasteiger charge is -2.26. The molecule has 1 atom stereocenters. The predicted molar refractivity (Wildman–Crippen MR) is 65.0 cm³/mol. The van der Waals surface area contributed by atoms with Gasteiger partial charge in [-0.25, -0.2) is 0 Å². The third-order valence-electron chi connectivity index (χ3n) is 2.97. The molecule has 0 N–H and O–H groups in total. The highest BCUT2D eigenvalue weighted by Crippen LogP contribution is 2.43. The van der Waals surface area contributed by atoms with Crippen LogP contribution < -0.4 is 0 Å². The SMILES string of the molecule is CC(C)(C)C1C(=O)Cc2ccc(Br)cc21. The monoisotopic (exact) mass is 266 g/mol. The molecule has 0 radical (unpaired) electrons. The van der Waals surface area contributed by atoms with Crippen LogP contribution in [0, 0.1) is 5.41 Å². The number of halogens is 1. The van der Waals surface area contributed by atoms with Gasteiger partial charge in [0.2, 0.25) is 0 Å². The Labute approximate surface area is 99.0 Å². The summed E-state index contributed by atoms with van der Waals surface area (Å²) in [5, 5.41) is 0. The molecule has 0 saturated heterocycles. The van der Waals surface area contributed by atoms with Crippen LogP contribution in [0.4, 0.5) is 0 Å². The van der Waals surface area contributed by atoms with E-state index in [1.54, 1.807) is 0 Å². The summed E-state index contributed by atoms with van der Waals surface area (Å²) in [6, 6.07) is 6.16. The minimum Gasteiger partial charge on any atom is -0.299 e. The smallest absolute Gasteiger partial charge is 0.145 e. The van der Waals surface area contributed by atoms with Gasteiger partial charge in [-0.3, -0.25) is 4.79 Å². The average molecular weight is 267 g/mol. The summed E-state index contributed by atoms with van der Waals surface area (Å²) in [6.45, 7) is 6.39. The predicted octanol–water partition coefficient (Wildman–Crippen LogP) is 3.70. The summed E-state index contributed by atoms with van der Waals surface area (Å²) >= 11 is 3.47. The highest BCUT2D eigenvalue weighted by Gasteiger charge is 2.38. The number of hydrogen-bond donors (Lipinski definition) is 0. The van der Waals surface area contributed by atoms with Crippen molar-refractivity contribution in [2.75, 3.05) is 0 Å². The van der Waals surface area contributed by atoms with Crippen molar-refractivity contribution < 1.29 is 4.79 Å². The molecule has 0 amide bonds. The standard InChI is InChI=1S/C13H15BrO/c1-13(2,3)12-10-7-9(14)5-4-8(10)6-11(12)15/h4-5,7,12H,6H2,1-3H3. The lowest BCUT2D eigenvalue weighted by Crippen LogP contribution is -2.22. The van der Waals surface area contributed by atoms with Crippen molar-refractivity contribution in [3.05, 3.63) is 33.8 Å². The molecule has 1 aliphatic carbocycles. The van der Waals surface area contributed by atoms with Crippen molar-refractivity contribution >= 4 is 21.7 Å². The van der Waals surface area contributed by atoms with Crippen LogP contribution in [0.1, 0.15) is 37.8 Å². The van der Waals surface area contributed by atoms with E-state index < -0.39 is 0 Å². The van der Waals surface area contributed by atoms with Gasteiger partial charge in [0.1, 0.15) is 5.78 Å². The molecule has 0 spiro atoms. The normalized spacial score (nSPS) is 20.5. The fourth-order valence-electron chi connectivity index (χ4n) is 2.41. The maximum absolute atomic E-state index is 12.0. The second-order valence-corrected chi connectivity index (χ2v) is 6.20. The first kappa shape index (κ1) is 10.9. The summed E-state index contributed by atoms with van der Waals surface area (Å²) in [7, 11) is 0. The van der Waals surface area contributed by atoms with Crippen molar-refractivity contribution in [3.8, 4) is 0 Å². The van der Waals surface area contributed by atoms with E-state index in [0.29, 0.717) is 12.2 Å². The molecule has 2 rings (SSSR count). The highest BCUT2D eigenvalue weighted by atomic mass is 79.9. The summed E-state index contributed by atoms with van der Waals surface area (Å²) in [4.78, 5) is 12.0. The lowest BCUT2D eigenvalue weighted by atomic mass is 9.77. The van der Waals surface area contributed by atoms with Gasteiger partial charge >= 0.3 is 0 Å². The van der Waals surface area contributed by atoms with E-state index >= 15 is 0 Å². The van der Waals surface area contributed by atoms with Gasteiger partial charge in [-0.2, -0.15) is 0 Å². The highest BCUT2D eigenvalue weighted by molar-refractivity contribution is 9.10. The molecule has 2 heteroatoms. The fraction of sp³-hybridized carbons (Fsp3) is 0.462. The van der Waals surface area contributed by atoms with Gasteiger partial charge in [-0.05, 0) is 28.7 Å². The molecule has 0 aromatic heterocycles. The van der Waals surface area contributed by atoms with Gasteiger partial charge in [0.25, 0.3) is 0 Å².